The summed E-state index contributed by atoms with van der Waals surface area (Å²) in [5.41, 5.74) is 5.47. The van der Waals surface area contributed by atoms with Gasteiger partial charge in [-0.05, 0) is 78.9 Å². The summed E-state index contributed by atoms with van der Waals surface area (Å²) in [4.78, 5) is 17.1. The van der Waals surface area contributed by atoms with Crippen molar-refractivity contribution < 1.29 is 4.79 Å². The maximum Gasteiger partial charge on any atom is 0.321 e. The number of likely N-dealkylation sites (N-methyl/N-ethyl adjacent to an activating group) is 1. The molecule has 2 atom stereocenters. The smallest absolute Gasteiger partial charge is 0.321 e. The molecule has 0 aliphatic heterocycles. The van der Waals surface area contributed by atoms with Crippen LogP contribution < -0.4 is 5.32 Å². The second-order valence-corrected chi connectivity index (χ2v) is 11.5. The lowest BCUT2D eigenvalue weighted by atomic mass is 9.63. The summed E-state index contributed by atoms with van der Waals surface area (Å²) >= 11 is 0. The van der Waals surface area contributed by atoms with Gasteiger partial charge < -0.3 is 15.1 Å². The lowest BCUT2D eigenvalue weighted by Gasteiger charge is -2.42. The topological polar surface area (TPSA) is 35.6 Å². The first-order valence-electron chi connectivity index (χ1n) is 12.5. The SMILES string of the molecule is CN(CCCN(C)C1CC1c1ccccc1)C(=O)Nc1ccc2c(c1)C(C)(C)CCC2(C)C. The minimum atomic E-state index is -0.0286. The Morgan fingerprint density at radius 1 is 0.939 bits per heavy atom. The molecule has 4 nitrogen and oxygen atoms in total. The number of urea groups is 1. The van der Waals surface area contributed by atoms with Gasteiger partial charge in [0, 0.05) is 31.2 Å². The van der Waals surface area contributed by atoms with E-state index in [4.69, 9.17) is 0 Å². The number of amides is 2. The van der Waals surface area contributed by atoms with E-state index in [1.807, 2.05) is 11.9 Å². The van der Waals surface area contributed by atoms with Crippen LogP contribution >= 0.6 is 0 Å². The molecule has 0 saturated heterocycles. The van der Waals surface area contributed by atoms with Gasteiger partial charge >= 0.3 is 6.03 Å². The highest BCUT2D eigenvalue weighted by Gasteiger charge is 2.41. The van der Waals surface area contributed by atoms with Crippen LogP contribution in [0.4, 0.5) is 10.5 Å². The van der Waals surface area contributed by atoms with Crippen LogP contribution in [0.1, 0.15) is 76.0 Å². The molecule has 0 aromatic heterocycles. The molecule has 2 unspecified atom stereocenters. The van der Waals surface area contributed by atoms with Crippen LogP contribution in [0.15, 0.2) is 48.5 Å². The fraction of sp³-hybridized carbons (Fsp3) is 0.552. The molecular weight excluding hydrogens is 406 g/mol. The summed E-state index contributed by atoms with van der Waals surface area (Å²) in [6, 6.07) is 17.9. The molecule has 1 N–H and O–H groups in total. The zero-order valence-electron chi connectivity index (χ0n) is 21.3. The van der Waals surface area contributed by atoms with Crippen molar-refractivity contribution in [2.24, 2.45) is 0 Å². The van der Waals surface area contributed by atoms with Crippen molar-refractivity contribution in [1.29, 1.82) is 0 Å². The molecule has 0 spiro atoms. The Balaban J connectivity index is 1.27. The third kappa shape index (κ3) is 5.27. The van der Waals surface area contributed by atoms with Crippen molar-refractivity contribution in [2.75, 3.05) is 32.5 Å². The second kappa shape index (κ2) is 9.13. The Morgan fingerprint density at radius 2 is 1.61 bits per heavy atom. The molecule has 4 rings (SSSR count). The van der Waals surface area contributed by atoms with E-state index < -0.39 is 0 Å². The van der Waals surface area contributed by atoms with Gasteiger partial charge in [0.15, 0.2) is 0 Å². The van der Waals surface area contributed by atoms with Crippen LogP contribution in [0.3, 0.4) is 0 Å². The van der Waals surface area contributed by atoms with Crippen molar-refractivity contribution in [3.05, 3.63) is 65.2 Å². The van der Waals surface area contributed by atoms with Crippen molar-refractivity contribution in [2.45, 2.75) is 76.2 Å². The summed E-state index contributed by atoms with van der Waals surface area (Å²) in [6.07, 6.45) is 4.58. The van der Waals surface area contributed by atoms with E-state index >= 15 is 0 Å². The van der Waals surface area contributed by atoms with Crippen LogP contribution in [0.5, 0.6) is 0 Å². The molecule has 178 valence electrons. The number of benzene rings is 2. The monoisotopic (exact) mass is 447 g/mol. The number of rotatable bonds is 7. The van der Waals surface area contributed by atoms with Crippen LogP contribution in [0, 0.1) is 0 Å². The van der Waals surface area contributed by atoms with Gasteiger partial charge in [-0.3, -0.25) is 0 Å². The predicted molar refractivity (Wildman–Crippen MR) is 138 cm³/mol. The molecule has 2 aromatic rings. The summed E-state index contributed by atoms with van der Waals surface area (Å²) in [5.74, 6) is 0.662. The molecule has 1 fully saturated rings. The lowest BCUT2D eigenvalue weighted by Crippen LogP contribution is -2.35. The van der Waals surface area contributed by atoms with Crippen molar-refractivity contribution in [3.8, 4) is 0 Å². The van der Waals surface area contributed by atoms with E-state index in [1.165, 1.54) is 36.0 Å². The van der Waals surface area contributed by atoms with Gasteiger partial charge in [0.05, 0.1) is 0 Å². The molecule has 33 heavy (non-hydrogen) atoms. The maximum atomic E-state index is 12.8. The number of carbonyl (C=O) groups excluding carboxylic acids is 1. The van der Waals surface area contributed by atoms with Crippen molar-refractivity contribution >= 4 is 11.7 Å². The number of fused-ring (bicyclic) bond motifs is 1. The van der Waals surface area contributed by atoms with E-state index in [0.29, 0.717) is 12.0 Å². The molecule has 2 aliphatic carbocycles. The fourth-order valence-electron chi connectivity index (χ4n) is 5.44. The first-order valence-corrected chi connectivity index (χ1v) is 12.5. The average molecular weight is 448 g/mol. The first-order chi connectivity index (χ1) is 15.6. The molecule has 2 amide bonds. The maximum absolute atomic E-state index is 12.8. The van der Waals surface area contributed by atoms with Gasteiger partial charge in [0.2, 0.25) is 0 Å². The van der Waals surface area contributed by atoms with E-state index in [9.17, 15) is 4.79 Å². The van der Waals surface area contributed by atoms with Crippen LogP contribution in [0.2, 0.25) is 0 Å². The molecule has 1 saturated carbocycles. The summed E-state index contributed by atoms with van der Waals surface area (Å²) in [6.45, 7) is 11.0. The highest BCUT2D eigenvalue weighted by molar-refractivity contribution is 5.89. The van der Waals surface area contributed by atoms with Gasteiger partial charge in [-0.25, -0.2) is 4.79 Å². The van der Waals surface area contributed by atoms with E-state index in [-0.39, 0.29) is 16.9 Å². The summed E-state index contributed by atoms with van der Waals surface area (Å²) < 4.78 is 0. The third-order valence-electron chi connectivity index (χ3n) is 8.01. The zero-order chi connectivity index (χ0) is 23.8. The molecule has 0 bridgehead atoms. The summed E-state index contributed by atoms with van der Waals surface area (Å²) in [5, 5.41) is 3.13. The summed E-state index contributed by atoms with van der Waals surface area (Å²) in [7, 11) is 4.11. The number of carbonyl (C=O) groups is 1. The van der Waals surface area contributed by atoms with Gasteiger partial charge in [-0.15, -0.1) is 0 Å². The highest BCUT2D eigenvalue weighted by Crippen LogP contribution is 2.46. The third-order valence-corrected chi connectivity index (χ3v) is 8.01. The van der Waals surface area contributed by atoms with Crippen LogP contribution in [-0.2, 0) is 10.8 Å². The number of hydrogen-bond donors (Lipinski definition) is 1. The normalized spacial score (nSPS) is 22.5. The zero-order valence-corrected chi connectivity index (χ0v) is 21.3. The number of anilines is 1. The standard InChI is InChI=1S/C29H41N3O/c1-28(2)15-16-29(3,4)25-19-22(13-14-24(25)28)30-27(33)32(6)18-10-17-31(5)26-20-23(26)21-11-8-7-9-12-21/h7-9,11-14,19,23,26H,10,15-18,20H2,1-6H3,(H,30,33). The minimum Gasteiger partial charge on any atom is -0.328 e. The highest BCUT2D eigenvalue weighted by atomic mass is 16.2. The second-order valence-electron chi connectivity index (χ2n) is 11.5. The van der Waals surface area contributed by atoms with Crippen LogP contribution in [-0.4, -0.2) is 49.1 Å². The minimum absolute atomic E-state index is 0.0286. The van der Waals surface area contributed by atoms with Gasteiger partial charge in [0.1, 0.15) is 0 Å². The Bertz CT molecular complexity index is 982. The van der Waals surface area contributed by atoms with E-state index in [2.05, 4.69) is 93.5 Å². The largest absolute Gasteiger partial charge is 0.328 e. The van der Waals surface area contributed by atoms with E-state index in [1.54, 1.807) is 0 Å². The Morgan fingerprint density at radius 3 is 2.30 bits per heavy atom. The number of nitrogens with zero attached hydrogens (tertiary/aromatic N) is 2. The molecular formula is C29H41N3O. The molecule has 2 aromatic carbocycles. The average Bonchev–Trinajstić information content (AvgIpc) is 3.58. The van der Waals surface area contributed by atoms with Crippen LogP contribution in [0.25, 0.3) is 0 Å². The van der Waals surface area contributed by atoms with Crippen molar-refractivity contribution in [3.63, 3.8) is 0 Å². The predicted octanol–water partition coefficient (Wildman–Crippen LogP) is 6.38. The number of nitrogens with one attached hydrogen (secondary N) is 1. The number of hydrogen-bond acceptors (Lipinski definition) is 2. The fourth-order valence-corrected chi connectivity index (χ4v) is 5.44. The van der Waals surface area contributed by atoms with Crippen molar-refractivity contribution in [1.82, 2.24) is 9.80 Å². The molecule has 0 radical (unpaired) electrons. The first kappa shape index (κ1) is 23.8. The Hall–Kier alpha value is -2.33. The van der Waals surface area contributed by atoms with Gasteiger partial charge in [-0.1, -0.05) is 64.1 Å². The quantitative estimate of drug-likeness (QED) is 0.535. The Kier molecular flexibility index (Phi) is 6.59. The van der Waals surface area contributed by atoms with Gasteiger partial charge in [-0.2, -0.15) is 0 Å². The lowest BCUT2D eigenvalue weighted by molar-refractivity contribution is 0.217. The molecule has 4 heteroatoms. The van der Waals surface area contributed by atoms with E-state index in [0.717, 1.165) is 25.2 Å². The van der Waals surface area contributed by atoms with Gasteiger partial charge in [0.25, 0.3) is 0 Å². The molecule has 0 heterocycles. The Labute approximate surface area is 200 Å². The molecule has 2 aliphatic rings.